The summed E-state index contributed by atoms with van der Waals surface area (Å²) >= 11 is 0. The minimum atomic E-state index is -3.53. The Morgan fingerprint density at radius 1 is 1.15 bits per heavy atom. The second-order valence-corrected chi connectivity index (χ2v) is 10.4. The highest BCUT2D eigenvalue weighted by atomic mass is 32.2. The van der Waals surface area contributed by atoms with Gasteiger partial charge in [0.25, 0.3) is 0 Å². The van der Waals surface area contributed by atoms with Crippen molar-refractivity contribution in [1.82, 2.24) is 4.31 Å². The maximum Gasteiger partial charge on any atom is 0.244 e. The highest BCUT2D eigenvalue weighted by Crippen LogP contribution is 2.45. The van der Waals surface area contributed by atoms with E-state index < -0.39 is 10.0 Å². The van der Waals surface area contributed by atoms with Gasteiger partial charge in [0, 0.05) is 0 Å². The first-order chi connectivity index (χ1) is 12.0. The normalized spacial score (nSPS) is 26.1. The van der Waals surface area contributed by atoms with Crippen LogP contribution in [0.15, 0.2) is 28.7 Å². The lowest BCUT2D eigenvalue weighted by Gasteiger charge is -2.19. The topological polar surface area (TPSA) is 46.4 Å². The fourth-order valence-corrected chi connectivity index (χ4v) is 6.33. The summed E-state index contributed by atoms with van der Waals surface area (Å²) in [6, 6.07) is 3.77. The number of hydrogen-bond donors (Lipinski definition) is 0. The van der Waals surface area contributed by atoms with E-state index >= 15 is 0 Å². The molecule has 1 aromatic rings. The zero-order chi connectivity index (χ0) is 19.3. The molecule has 0 N–H and O–H groups in total. The highest BCUT2D eigenvalue weighted by molar-refractivity contribution is 7.89. The summed E-state index contributed by atoms with van der Waals surface area (Å²) in [6.45, 7) is 12.2. The average Bonchev–Trinajstić information content (AvgIpc) is 2.96. The van der Waals surface area contributed by atoms with E-state index in [2.05, 4.69) is 6.08 Å². The third-order valence-corrected chi connectivity index (χ3v) is 7.37. The Labute approximate surface area is 158 Å². The molecule has 2 aliphatic rings. The molecule has 1 aliphatic heterocycles. The van der Waals surface area contributed by atoms with Crippen molar-refractivity contribution in [2.75, 3.05) is 6.61 Å². The number of aryl methyl sites for hydroxylation is 3. The minimum Gasteiger partial charge on any atom is -0.374 e. The van der Waals surface area contributed by atoms with E-state index in [0.29, 0.717) is 11.5 Å². The quantitative estimate of drug-likeness (QED) is 0.568. The van der Waals surface area contributed by atoms with Crippen molar-refractivity contribution in [3.63, 3.8) is 0 Å². The number of benzene rings is 1. The van der Waals surface area contributed by atoms with E-state index in [1.54, 1.807) is 4.31 Å². The smallest absolute Gasteiger partial charge is 0.244 e. The predicted octanol–water partition coefficient (Wildman–Crippen LogP) is 4.28. The lowest BCUT2D eigenvalue weighted by Crippen LogP contribution is -2.25. The third kappa shape index (κ3) is 3.75. The van der Waals surface area contributed by atoms with Gasteiger partial charge >= 0.3 is 0 Å². The molecule has 1 unspecified atom stereocenters. The number of sulfonamides is 1. The molecule has 1 saturated heterocycles. The van der Waals surface area contributed by atoms with E-state index in [9.17, 15) is 8.42 Å². The molecule has 3 rings (SSSR count). The van der Waals surface area contributed by atoms with Crippen molar-refractivity contribution < 1.29 is 13.2 Å². The second kappa shape index (κ2) is 6.77. The number of hydrogen-bond acceptors (Lipinski definition) is 3. The van der Waals surface area contributed by atoms with Crippen molar-refractivity contribution in [1.29, 1.82) is 0 Å². The lowest BCUT2D eigenvalue weighted by molar-refractivity contribution is -0.00391. The van der Waals surface area contributed by atoms with Gasteiger partial charge in [-0.25, -0.2) is 8.42 Å². The molecule has 1 aliphatic carbocycles. The van der Waals surface area contributed by atoms with Gasteiger partial charge in [0.15, 0.2) is 0 Å². The molecule has 5 heteroatoms. The molecule has 0 saturated carbocycles. The maximum atomic E-state index is 13.5. The van der Waals surface area contributed by atoms with Crippen molar-refractivity contribution in [3.8, 4) is 0 Å². The molecule has 0 spiro atoms. The Balaban J connectivity index is 1.94. The van der Waals surface area contributed by atoms with E-state index in [0.717, 1.165) is 36.0 Å². The van der Waals surface area contributed by atoms with Gasteiger partial charge in [-0.1, -0.05) is 29.3 Å². The first kappa shape index (κ1) is 19.6. The van der Waals surface area contributed by atoms with Gasteiger partial charge in [0.2, 0.25) is 10.0 Å². The van der Waals surface area contributed by atoms with E-state index in [4.69, 9.17) is 4.74 Å². The highest BCUT2D eigenvalue weighted by Gasteiger charge is 2.57. The first-order valence-electron chi connectivity index (χ1n) is 9.46. The van der Waals surface area contributed by atoms with Gasteiger partial charge in [-0.3, -0.25) is 0 Å². The van der Waals surface area contributed by atoms with Crippen LogP contribution in [0.25, 0.3) is 0 Å². The lowest BCUT2D eigenvalue weighted by atomic mass is 10.1. The number of rotatable bonds is 5. The first-order valence-corrected chi connectivity index (χ1v) is 10.9. The molecule has 1 aromatic carbocycles. The molecule has 4 nitrogen and oxygen atoms in total. The SMILES string of the molecule is Cc1cc(C)c(S(=O)(=O)N2[C@H](C3=CCCC3)[C@@H]2COC(C)(C)C)c(C)c1. The van der Waals surface area contributed by atoms with Gasteiger partial charge in [-0.2, -0.15) is 4.31 Å². The van der Waals surface area contributed by atoms with Crippen LogP contribution in [0.5, 0.6) is 0 Å². The summed E-state index contributed by atoms with van der Waals surface area (Å²) in [5.74, 6) is 0. The van der Waals surface area contributed by atoms with Gasteiger partial charge in [-0.15, -0.1) is 0 Å². The molecular weight excluding hydrogens is 346 g/mol. The Morgan fingerprint density at radius 2 is 1.77 bits per heavy atom. The number of nitrogens with zero attached hydrogens (tertiary/aromatic N) is 1. The van der Waals surface area contributed by atoms with Crippen LogP contribution >= 0.6 is 0 Å². The Kier molecular flexibility index (Phi) is 5.10. The summed E-state index contributed by atoms with van der Waals surface area (Å²) < 4.78 is 34.6. The summed E-state index contributed by atoms with van der Waals surface area (Å²) in [4.78, 5) is 0.463. The van der Waals surface area contributed by atoms with Gasteiger partial charge < -0.3 is 4.74 Å². The van der Waals surface area contributed by atoms with Crippen molar-refractivity contribution in [3.05, 3.63) is 40.5 Å². The molecule has 0 bridgehead atoms. The molecule has 0 aromatic heterocycles. The number of allylic oxidation sites excluding steroid dienone is 1. The molecule has 1 heterocycles. The van der Waals surface area contributed by atoms with Crippen LogP contribution in [0.4, 0.5) is 0 Å². The van der Waals surface area contributed by atoms with Crippen LogP contribution in [0.1, 0.15) is 56.7 Å². The fourth-order valence-electron chi connectivity index (χ4n) is 4.14. The second-order valence-electron chi connectivity index (χ2n) is 8.67. The Bertz CT molecular complexity index is 810. The number of ether oxygens (including phenoxy) is 1. The van der Waals surface area contributed by atoms with Crippen LogP contribution in [-0.4, -0.2) is 37.0 Å². The largest absolute Gasteiger partial charge is 0.374 e. The van der Waals surface area contributed by atoms with Crippen molar-refractivity contribution >= 4 is 10.0 Å². The zero-order valence-electron chi connectivity index (χ0n) is 16.8. The van der Waals surface area contributed by atoms with Gasteiger partial charge in [-0.05, 0) is 71.9 Å². The summed E-state index contributed by atoms with van der Waals surface area (Å²) in [6.07, 6.45) is 5.39. The zero-order valence-corrected chi connectivity index (χ0v) is 17.6. The molecule has 3 atom stereocenters. The van der Waals surface area contributed by atoms with E-state index in [1.807, 2.05) is 53.7 Å². The Hall–Kier alpha value is -1.17. The van der Waals surface area contributed by atoms with Crippen molar-refractivity contribution in [2.45, 2.75) is 83.4 Å². The Morgan fingerprint density at radius 3 is 2.27 bits per heavy atom. The van der Waals surface area contributed by atoms with Crippen LogP contribution in [0.2, 0.25) is 0 Å². The fraction of sp³-hybridized carbons (Fsp3) is 0.619. The minimum absolute atomic E-state index is 0.0371. The maximum absolute atomic E-state index is 13.5. The molecule has 144 valence electrons. The molecule has 1 fully saturated rings. The van der Waals surface area contributed by atoms with Crippen LogP contribution in [-0.2, 0) is 14.8 Å². The van der Waals surface area contributed by atoms with Crippen molar-refractivity contribution in [2.24, 2.45) is 0 Å². The van der Waals surface area contributed by atoms with Crippen LogP contribution in [0.3, 0.4) is 0 Å². The molecule has 0 radical (unpaired) electrons. The summed E-state index contributed by atoms with van der Waals surface area (Å²) in [7, 11) is -3.53. The molecular formula is C21H31NO3S. The van der Waals surface area contributed by atoms with Gasteiger partial charge in [0.05, 0.1) is 29.2 Å². The van der Waals surface area contributed by atoms with Gasteiger partial charge in [0.1, 0.15) is 0 Å². The van der Waals surface area contributed by atoms with Crippen LogP contribution in [0, 0.1) is 20.8 Å². The standard InChI is InChI=1S/C21H31NO3S/c1-14-11-15(2)20(16(3)12-14)26(23,24)22-18(13-25-21(4,5)6)19(22)17-9-7-8-10-17/h9,11-12,18-19H,7-8,10,13H2,1-6H3/t18-,19+,22?/m0/s1. The molecule has 26 heavy (non-hydrogen) atoms. The molecule has 0 amide bonds. The van der Waals surface area contributed by atoms with Crippen LogP contribution < -0.4 is 0 Å². The predicted molar refractivity (Wildman–Crippen MR) is 105 cm³/mol. The summed E-state index contributed by atoms with van der Waals surface area (Å²) in [5.41, 5.74) is 3.72. The monoisotopic (exact) mass is 377 g/mol. The third-order valence-electron chi connectivity index (χ3n) is 5.16. The average molecular weight is 378 g/mol. The summed E-state index contributed by atoms with van der Waals surface area (Å²) in [5, 5.41) is 0. The van der Waals surface area contributed by atoms with E-state index in [-0.39, 0.29) is 17.7 Å². The van der Waals surface area contributed by atoms with E-state index in [1.165, 1.54) is 5.57 Å².